The monoisotopic (exact) mass is 605 g/mol. The average Bonchev–Trinajstić information content (AvgIpc) is 2.93. The average molecular weight is 606 g/mol. The molecule has 42 heavy (non-hydrogen) atoms. The minimum atomic E-state index is -4.25. The first-order chi connectivity index (χ1) is 19.7. The van der Waals surface area contributed by atoms with E-state index in [1.807, 2.05) is 19.9 Å². The van der Waals surface area contributed by atoms with Gasteiger partial charge in [-0.05, 0) is 31.4 Å². The van der Waals surface area contributed by atoms with Gasteiger partial charge in [0.25, 0.3) is 5.91 Å². The Balaban J connectivity index is 0.00000142. The van der Waals surface area contributed by atoms with Gasteiger partial charge in [0, 0.05) is 89.1 Å². The van der Waals surface area contributed by atoms with Crippen LogP contribution < -0.4 is 5.32 Å². The Morgan fingerprint density at radius 3 is 2.10 bits per heavy atom. The number of nitrogens with one attached hydrogen (secondary N) is 1. The first-order valence-corrected chi connectivity index (χ1v) is 14.3. The third kappa shape index (κ3) is 15.8. The number of carbonyl (C=O) groups excluding carboxylic acids is 2. The van der Waals surface area contributed by atoms with Crippen molar-refractivity contribution >= 4 is 18.4 Å². The van der Waals surface area contributed by atoms with Gasteiger partial charge in [-0.3, -0.25) is 14.7 Å². The molecule has 240 valence electrons. The summed E-state index contributed by atoms with van der Waals surface area (Å²) in [5.41, 5.74) is 2.52. The quantitative estimate of drug-likeness (QED) is 0.0746. The van der Waals surface area contributed by atoms with Crippen molar-refractivity contribution in [1.29, 1.82) is 0 Å². The molecule has 0 aromatic heterocycles. The molecule has 2 fully saturated rings. The van der Waals surface area contributed by atoms with Gasteiger partial charge in [-0.1, -0.05) is 39.5 Å². The van der Waals surface area contributed by atoms with Crippen LogP contribution in [0.2, 0.25) is 0 Å². The van der Waals surface area contributed by atoms with Gasteiger partial charge in [0.05, 0.1) is 6.54 Å². The summed E-state index contributed by atoms with van der Waals surface area (Å²) in [5, 5.41) is 8.74. The van der Waals surface area contributed by atoms with Crippen LogP contribution in [0, 0.1) is 0 Å². The van der Waals surface area contributed by atoms with E-state index in [1.54, 1.807) is 30.9 Å². The lowest BCUT2D eigenvalue weighted by molar-refractivity contribution is -0.151. The zero-order chi connectivity index (χ0) is 32.3. The number of carbonyl (C=O) groups is 2. The Morgan fingerprint density at radius 2 is 1.67 bits per heavy atom. The lowest BCUT2D eigenvalue weighted by atomic mass is 9.97. The fraction of sp³-hybridized carbons (Fsp3) is 0.633. The van der Waals surface area contributed by atoms with E-state index in [2.05, 4.69) is 23.6 Å². The van der Waals surface area contributed by atoms with E-state index in [-0.39, 0.29) is 51.3 Å². The van der Waals surface area contributed by atoms with E-state index in [1.165, 1.54) is 17.2 Å². The van der Waals surface area contributed by atoms with Crippen LogP contribution in [0.3, 0.4) is 0 Å². The molecule has 7 nitrogen and oxygen atoms in total. The number of nitrogens with zero attached hydrogens (tertiary/aromatic N) is 4. The number of hydrazone groups is 1. The highest BCUT2D eigenvalue weighted by atomic mass is 19.4. The molecule has 1 saturated heterocycles. The minimum absolute atomic E-state index is 0.118. The summed E-state index contributed by atoms with van der Waals surface area (Å²) >= 11 is 0. The molecule has 0 unspecified atom stereocenters. The van der Waals surface area contributed by atoms with Gasteiger partial charge in [-0.25, -0.2) is 8.78 Å². The van der Waals surface area contributed by atoms with Crippen LogP contribution in [0.5, 0.6) is 0 Å². The molecule has 2 aliphatic rings. The van der Waals surface area contributed by atoms with Crippen LogP contribution in [-0.4, -0.2) is 92.1 Å². The second-order valence-electron chi connectivity index (χ2n) is 9.79. The Morgan fingerprint density at radius 1 is 1.10 bits per heavy atom. The summed E-state index contributed by atoms with van der Waals surface area (Å²) in [7, 11) is 3.47. The Kier molecular flexibility index (Phi) is 18.5. The van der Waals surface area contributed by atoms with Crippen molar-refractivity contribution in [2.45, 2.75) is 77.8 Å². The van der Waals surface area contributed by atoms with E-state index in [9.17, 15) is 31.5 Å². The number of hydrogen-bond acceptors (Lipinski definition) is 6. The topological polar surface area (TPSA) is 68.2 Å². The van der Waals surface area contributed by atoms with Gasteiger partial charge >= 0.3 is 6.18 Å². The van der Waals surface area contributed by atoms with Crippen molar-refractivity contribution in [2.75, 3.05) is 46.8 Å². The maximum absolute atomic E-state index is 12.9. The fourth-order valence-corrected chi connectivity index (χ4v) is 4.20. The molecular weight excluding hydrogens is 557 g/mol. The first-order valence-electron chi connectivity index (χ1n) is 14.3. The SMILES string of the molecule is C=C/C(C(=O)N1CCN(CC(F)(F)F)CC1)=C(C)\C=C(/CC(=C)N(C)/N=C\CC=O)NC.CC.FC1(F)CCCCC1. The fourth-order valence-electron chi connectivity index (χ4n) is 4.20. The van der Waals surface area contributed by atoms with Crippen LogP contribution in [0.1, 0.15) is 65.7 Å². The van der Waals surface area contributed by atoms with E-state index in [4.69, 9.17) is 0 Å². The zero-order valence-corrected chi connectivity index (χ0v) is 25.7. The molecule has 1 amide bonds. The molecule has 0 radical (unpaired) electrons. The number of hydrogen-bond donors (Lipinski definition) is 1. The molecule has 1 aliphatic carbocycles. The zero-order valence-electron chi connectivity index (χ0n) is 25.7. The van der Waals surface area contributed by atoms with Crippen molar-refractivity contribution < 1.29 is 31.5 Å². The molecule has 12 heteroatoms. The Bertz CT molecular complexity index is 944. The number of halogens is 5. The summed E-state index contributed by atoms with van der Waals surface area (Å²) in [4.78, 5) is 26.2. The van der Waals surface area contributed by atoms with Gasteiger partial charge < -0.3 is 15.0 Å². The van der Waals surface area contributed by atoms with E-state index in [0.29, 0.717) is 36.1 Å². The molecule has 0 spiro atoms. The third-order valence-electron chi connectivity index (χ3n) is 6.53. The predicted octanol–water partition coefficient (Wildman–Crippen LogP) is 6.32. The summed E-state index contributed by atoms with van der Waals surface area (Å²) in [6.45, 7) is 13.3. The molecule has 0 aromatic rings. The van der Waals surface area contributed by atoms with Gasteiger partial charge in [-0.2, -0.15) is 18.3 Å². The van der Waals surface area contributed by atoms with Crippen molar-refractivity contribution in [1.82, 2.24) is 20.1 Å². The van der Waals surface area contributed by atoms with E-state index in [0.717, 1.165) is 18.4 Å². The first kappa shape index (κ1) is 39.0. The molecule has 1 aliphatic heterocycles. The molecule has 0 atom stereocenters. The van der Waals surface area contributed by atoms with Gasteiger partial charge in [-0.15, -0.1) is 0 Å². The Labute approximate surface area is 247 Å². The second kappa shape index (κ2) is 20.0. The van der Waals surface area contributed by atoms with Crippen molar-refractivity contribution in [3.63, 3.8) is 0 Å². The third-order valence-corrected chi connectivity index (χ3v) is 6.53. The van der Waals surface area contributed by atoms with E-state index < -0.39 is 18.6 Å². The van der Waals surface area contributed by atoms with Gasteiger partial charge in [0.2, 0.25) is 5.92 Å². The maximum atomic E-state index is 12.9. The summed E-state index contributed by atoms with van der Waals surface area (Å²) in [6.07, 6.45) is 4.56. The lowest BCUT2D eigenvalue weighted by Crippen LogP contribution is -2.51. The predicted molar refractivity (Wildman–Crippen MR) is 159 cm³/mol. The number of alkyl halides is 5. The molecule has 0 bridgehead atoms. The largest absolute Gasteiger partial charge is 0.401 e. The minimum Gasteiger partial charge on any atom is -0.391 e. The highest BCUT2D eigenvalue weighted by molar-refractivity contribution is 5.97. The molecule has 1 saturated carbocycles. The van der Waals surface area contributed by atoms with E-state index >= 15 is 0 Å². The maximum Gasteiger partial charge on any atom is 0.401 e. The molecule has 2 rings (SSSR count). The van der Waals surface area contributed by atoms with Crippen molar-refractivity contribution in [3.8, 4) is 0 Å². The van der Waals surface area contributed by atoms with Crippen LogP contribution in [0.4, 0.5) is 22.0 Å². The molecular formula is C30H48F5N5O2. The van der Waals surface area contributed by atoms with Gasteiger partial charge in [0.15, 0.2) is 0 Å². The summed E-state index contributed by atoms with van der Waals surface area (Å²) < 4.78 is 62.1. The van der Waals surface area contributed by atoms with Crippen molar-refractivity contribution in [2.24, 2.45) is 5.10 Å². The summed E-state index contributed by atoms with van der Waals surface area (Å²) in [5.74, 6) is -2.58. The normalized spacial score (nSPS) is 18.0. The highest BCUT2D eigenvalue weighted by Crippen LogP contribution is 2.32. The molecule has 1 N–H and O–H groups in total. The Hall–Kier alpha value is -3.02. The molecule has 1 heterocycles. The van der Waals surface area contributed by atoms with Crippen LogP contribution in [0.15, 0.2) is 53.0 Å². The number of aldehydes is 1. The number of piperazine rings is 1. The van der Waals surface area contributed by atoms with Crippen LogP contribution in [0.25, 0.3) is 0 Å². The lowest BCUT2D eigenvalue weighted by Gasteiger charge is -2.35. The second-order valence-corrected chi connectivity index (χ2v) is 9.79. The summed E-state index contributed by atoms with van der Waals surface area (Å²) in [6, 6.07) is 0. The number of rotatable bonds is 11. The van der Waals surface area contributed by atoms with Gasteiger partial charge in [0.1, 0.15) is 6.29 Å². The van der Waals surface area contributed by atoms with Crippen LogP contribution in [-0.2, 0) is 9.59 Å². The van der Waals surface area contributed by atoms with Crippen LogP contribution >= 0.6 is 0 Å². The number of amides is 1. The standard InChI is InChI=1S/C22H32F3N5O2.C6H10F2.C2H6/c1-6-20(21(32)30-11-9-29(10-12-30)16-22(23,24)25)17(2)14-19(26-4)15-18(3)28(5)27-8-7-13-31;7-6(8)4-2-1-3-5-6;1-2/h6,8,13-14,26H,1,3,7,9-12,15-16H2,2,4-5H3;1-5H2;1-2H3/b19-14+,20-17+,27-8-;;. The molecule has 0 aromatic carbocycles. The highest BCUT2D eigenvalue weighted by Gasteiger charge is 2.33. The smallest absolute Gasteiger partial charge is 0.391 e. The number of allylic oxidation sites excluding steroid dienone is 2. The van der Waals surface area contributed by atoms with Crippen molar-refractivity contribution in [3.05, 3.63) is 47.9 Å².